The van der Waals surface area contributed by atoms with Crippen LogP contribution in [0.3, 0.4) is 0 Å². The first kappa shape index (κ1) is 20.1. The number of hydrogen-bond acceptors (Lipinski definition) is 7. The van der Waals surface area contributed by atoms with Crippen molar-refractivity contribution in [3.05, 3.63) is 63.4 Å². The third-order valence-corrected chi connectivity index (χ3v) is 5.79. The van der Waals surface area contributed by atoms with Crippen molar-refractivity contribution in [2.45, 2.75) is 26.4 Å². The minimum atomic E-state index is -0.464. The Morgan fingerprint density at radius 1 is 1.23 bits per heavy atom. The summed E-state index contributed by atoms with van der Waals surface area (Å²) in [6.07, 6.45) is 2.18. The highest BCUT2D eigenvalue weighted by molar-refractivity contribution is 7.11. The van der Waals surface area contributed by atoms with Crippen LogP contribution in [0, 0.1) is 0 Å². The molecule has 0 fully saturated rings. The molecule has 30 heavy (non-hydrogen) atoms. The van der Waals surface area contributed by atoms with Crippen molar-refractivity contribution in [2.24, 2.45) is 0 Å². The van der Waals surface area contributed by atoms with E-state index in [9.17, 15) is 9.59 Å². The zero-order valence-corrected chi connectivity index (χ0v) is 17.6. The van der Waals surface area contributed by atoms with Gasteiger partial charge in [-0.05, 0) is 24.6 Å². The Morgan fingerprint density at radius 3 is 2.70 bits per heavy atom. The van der Waals surface area contributed by atoms with Crippen molar-refractivity contribution in [1.82, 2.24) is 19.7 Å². The van der Waals surface area contributed by atoms with Crippen molar-refractivity contribution in [2.75, 3.05) is 20.3 Å². The minimum Gasteiger partial charge on any atom is -0.497 e. The van der Waals surface area contributed by atoms with Gasteiger partial charge in [-0.15, -0.1) is 11.3 Å². The van der Waals surface area contributed by atoms with E-state index >= 15 is 0 Å². The van der Waals surface area contributed by atoms with Crippen LogP contribution in [0.25, 0.3) is 0 Å². The molecule has 2 aromatic heterocycles. The summed E-state index contributed by atoms with van der Waals surface area (Å²) in [4.78, 5) is 31.6. The first-order chi connectivity index (χ1) is 14.6. The van der Waals surface area contributed by atoms with E-state index in [1.54, 1.807) is 30.6 Å². The summed E-state index contributed by atoms with van der Waals surface area (Å²) in [5.74, 6) is 0.237. The summed E-state index contributed by atoms with van der Waals surface area (Å²) >= 11 is 1.31. The maximum Gasteiger partial charge on any atom is 0.359 e. The molecule has 0 saturated carbocycles. The molecule has 0 saturated heterocycles. The van der Waals surface area contributed by atoms with E-state index in [4.69, 9.17) is 9.47 Å². The van der Waals surface area contributed by atoms with Gasteiger partial charge in [-0.3, -0.25) is 14.5 Å². The Kier molecular flexibility index (Phi) is 5.80. The Hall–Kier alpha value is -3.20. The second-order valence-corrected chi connectivity index (χ2v) is 7.73. The quantitative estimate of drug-likeness (QED) is 0.564. The van der Waals surface area contributed by atoms with Gasteiger partial charge in [0.1, 0.15) is 10.6 Å². The fraction of sp³-hybridized carbons (Fsp3) is 0.333. The predicted molar refractivity (Wildman–Crippen MR) is 111 cm³/mol. The fourth-order valence-electron chi connectivity index (χ4n) is 3.54. The number of carbonyl (C=O) groups excluding carboxylic acids is 2. The topological polar surface area (TPSA) is 86.5 Å². The van der Waals surface area contributed by atoms with E-state index < -0.39 is 5.97 Å². The van der Waals surface area contributed by atoms with Gasteiger partial charge >= 0.3 is 5.97 Å². The Labute approximate surface area is 178 Å². The Bertz CT molecular complexity index is 1040. The van der Waals surface area contributed by atoms with Gasteiger partial charge < -0.3 is 14.4 Å². The SMILES string of the molecule is CCOC(=O)c1nn(Cc2ccc(OC)cc2)c2c1CN(C(=O)c1cncs1)CC2. The van der Waals surface area contributed by atoms with E-state index in [-0.39, 0.29) is 18.2 Å². The highest BCUT2D eigenvalue weighted by atomic mass is 32.1. The first-order valence-electron chi connectivity index (χ1n) is 9.67. The molecule has 1 aliphatic heterocycles. The van der Waals surface area contributed by atoms with E-state index in [0.29, 0.717) is 30.9 Å². The monoisotopic (exact) mass is 426 g/mol. The largest absolute Gasteiger partial charge is 0.497 e. The van der Waals surface area contributed by atoms with Crippen LogP contribution in [0.5, 0.6) is 5.75 Å². The number of nitrogens with zero attached hydrogens (tertiary/aromatic N) is 4. The van der Waals surface area contributed by atoms with Gasteiger partial charge in [-0.25, -0.2) is 4.79 Å². The lowest BCUT2D eigenvalue weighted by atomic mass is 10.0. The first-order valence-corrected chi connectivity index (χ1v) is 10.5. The van der Waals surface area contributed by atoms with Gasteiger partial charge in [-0.1, -0.05) is 12.1 Å². The molecule has 1 aromatic carbocycles. The highest BCUT2D eigenvalue weighted by Crippen LogP contribution is 2.26. The summed E-state index contributed by atoms with van der Waals surface area (Å²) < 4.78 is 12.3. The molecule has 0 radical (unpaired) electrons. The predicted octanol–water partition coefficient (Wildman–Crippen LogP) is 2.77. The van der Waals surface area contributed by atoms with E-state index in [2.05, 4.69) is 10.1 Å². The number of ether oxygens (including phenoxy) is 2. The summed E-state index contributed by atoms with van der Waals surface area (Å²) in [7, 11) is 1.63. The lowest BCUT2D eigenvalue weighted by molar-refractivity contribution is 0.0513. The van der Waals surface area contributed by atoms with Crippen molar-refractivity contribution in [3.8, 4) is 5.75 Å². The summed E-state index contributed by atoms with van der Waals surface area (Å²) in [6, 6.07) is 7.73. The van der Waals surface area contributed by atoms with Crippen molar-refractivity contribution in [3.63, 3.8) is 0 Å². The summed E-state index contributed by atoms with van der Waals surface area (Å²) in [6.45, 7) is 3.43. The summed E-state index contributed by atoms with van der Waals surface area (Å²) in [5, 5.41) is 4.57. The van der Waals surface area contributed by atoms with Crippen molar-refractivity contribution >= 4 is 23.2 Å². The molecule has 0 atom stereocenters. The normalized spacial score (nSPS) is 13.1. The molecule has 0 N–H and O–H groups in total. The third-order valence-electron chi connectivity index (χ3n) is 5.02. The molecule has 0 bridgehead atoms. The minimum absolute atomic E-state index is 0.0825. The molecule has 4 rings (SSSR count). The number of fused-ring (bicyclic) bond motifs is 1. The van der Waals surface area contributed by atoms with Crippen LogP contribution in [0.15, 0.2) is 36.0 Å². The van der Waals surface area contributed by atoms with Crippen LogP contribution in [-0.2, 0) is 24.2 Å². The lowest BCUT2D eigenvalue weighted by Gasteiger charge is -2.27. The number of thiazole rings is 1. The smallest absolute Gasteiger partial charge is 0.359 e. The van der Waals surface area contributed by atoms with Crippen molar-refractivity contribution in [1.29, 1.82) is 0 Å². The third kappa shape index (κ3) is 3.93. The van der Waals surface area contributed by atoms with Crippen molar-refractivity contribution < 1.29 is 19.1 Å². The zero-order chi connectivity index (χ0) is 21.1. The highest BCUT2D eigenvalue weighted by Gasteiger charge is 2.31. The second kappa shape index (κ2) is 8.66. The maximum absolute atomic E-state index is 12.8. The molecular weight excluding hydrogens is 404 g/mol. The van der Waals surface area contributed by atoms with Crippen LogP contribution in [0.4, 0.5) is 0 Å². The number of rotatable bonds is 6. The summed E-state index contributed by atoms with van der Waals surface area (Å²) in [5.41, 5.74) is 4.68. The molecule has 9 heteroatoms. The second-order valence-electron chi connectivity index (χ2n) is 6.84. The molecule has 3 heterocycles. The number of amides is 1. The van der Waals surface area contributed by atoms with Crippen LogP contribution in [0.2, 0.25) is 0 Å². The maximum atomic E-state index is 12.8. The van der Waals surface area contributed by atoms with Gasteiger partial charge in [0.15, 0.2) is 5.69 Å². The van der Waals surface area contributed by atoms with Gasteiger partial charge in [0.05, 0.1) is 38.5 Å². The van der Waals surface area contributed by atoms with Crippen LogP contribution >= 0.6 is 11.3 Å². The van der Waals surface area contributed by atoms with Gasteiger partial charge in [0, 0.05) is 24.2 Å². The van der Waals surface area contributed by atoms with Gasteiger partial charge in [0.2, 0.25) is 0 Å². The van der Waals surface area contributed by atoms with Crippen LogP contribution < -0.4 is 4.74 Å². The molecule has 0 unspecified atom stereocenters. The average molecular weight is 426 g/mol. The number of carbonyl (C=O) groups is 2. The van der Waals surface area contributed by atoms with Gasteiger partial charge in [0.25, 0.3) is 5.91 Å². The molecule has 0 spiro atoms. The lowest BCUT2D eigenvalue weighted by Crippen LogP contribution is -2.36. The molecular formula is C21H22N4O4S. The van der Waals surface area contributed by atoms with E-state index in [1.807, 2.05) is 28.9 Å². The molecule has 1 amide bonds. The standard InChI is InChI=1S/C21H22N4O4S/c1-3-29-21(27)19-16-12-24(20(26)18-10-22-13-30-18)9-8-17(16)25(23-19)11-14-4-6-15(28-2)7-5-14/h4-7,10,13H,3,8-9,11-12H2,1-2H3. The van der Waals surface area contributed by atoms with E-state index in [0.717, 1.165) is 22.6 Å². The molecule has 1 aliphatic rings. The van der Waals surface area contributed by atoms with Crippen LogP contribution in [0.1, 0.15) is 43.9 Å². The molecule has 0 aliphatic carbocycles. The molecule has 3 aromatic rings. The van der Waals surface area contributed by atoms with E-state index in [1.165, 1.54) is 11.3 Å². The molecule has 156 valence electrons. The molecule has 8 nitrogen and oxygen atoms in total. The number of esters is 1. The Morgan fingerprint density at radius 2 is 2.03 bits per heavy atom. The number of benzene rings is 1. The number of hydrogen-bond donors (Lipinski definition) is 0. The number of aromatic nitrogens is 3. The Balaban J connectivity index is 1.64. The van der Waals surface area contributed by atoms with Gasteiger partial charge in [-0.2, -0.15) is 5.10 Å². The average Bonchev–Trinajstić information content (AvgIpc) is 3.42. The fourth-order valence-corrected chi connectivity index (χ4v) is 4.13. The van der Waals surface area contributed by atoms with Crippen LogP contribution in [-0.4, -0.2) is 51.8 Å². The number of methoxy groups -OCH3 is 1. The zero-order valence-electron chi connectivity index (χ0n) is 16.8.